The van der Waals surface area contributed by atoms with E-state index >= 15 is 0 Å². The highest BCUT2D eigenvalue weighted by atomic mass is 16.6. The highest BCUT2D eigenvalue weighted by Crippen LogP contribution is 2.29. The van der Waals surface area contributed by atoms with E-state index in [1.807, 2.05) is 74.5 Å². The zero-order valence-electron chi connectivity index (χ0n) is 24.5. The van der Waals surface area contributed by atoms with Crippen molar-refractivity contribution < 1.29 is 24.2 Å². The minimum absolute atomic E-state index is 0.0207. The number of alkyl carbamates (subject to hydrolysis) is 1. The number of nitrogens with one attached hydrogen (secondary N) is 2. The topological polar surface area (TPSA) is 108 Å². The van der Waals surface area contributed by atoms with Crippen LogP contribution in [0.3, 0.4) is 0 Å². The highest BCUT2D eigenvalue weighted by molar-refractivity contribution is 5.92. The van der Waals surface area contributed by atoms with E-state index in [9.17, 15) is 19.5 Å². The molecule has 0 radical (unpaired) electrons. The van der Waals surface area contributed by atoms with Crippen LogP contribution >= 0.6 is 0 Å². The third-order valence-electron chi connectivity index (χ3n) is 6.61. The van der Waals surface area contributed by atoms with E-state index < -0.39 is 35.6 Å². The molecule has 0 saturated heterocycles. The van der Waals surface area contributed by atoms with E-state index in [0.717, 1.165) is 11.1 Å². The predicted octanol–water partition coefficient (Wildman–Crippen LogP) is 5.51. The van der Waals surface area contributed by atoms with Gasteiger partial charge >= 0.3 is 6.09 Å². The van der Waals surface area contributed by atoms with Crippen molar-refractivity contribution in [3.05, 3.63) is 102 Å². The number of carbonyl (C=O) groups is 3. The van der Waals surface area contributed by atoms with Crippen LogP contribution in [0.4, 0.5) is 4.79 Å². The van der Waals surface area contributed by atoms with Gasteiger partial charge in [-0.1, -0.05) is 79.7 Å². The van der Waals surface area contributed by atoms with Crippen LogP contribution in [-0.4, -0.2) is 45.6 Å². The number of hydrogen-bond donors (Lipinski definition) is 3. The van der Waals surface area contributed by atoms with Gasteiger partial charge in [-0.05, 0) is 62.9 Å². The fourth-order valence-electron chi connectivity index (χ4n) is 4.49. The van der Waals surface area contributed by atoms with Crippen molar-refractivity contribution in [2.45, 2.75) is 77.7 Å². The Morgan fingerprint density at radius 1 is 0.902 bits per heavy atom. The van der Waals surface area contributed by atoms with Crippen LogP contribution in [0.5, 0.6) is 5.75 Å². The van der Waals surface area contributed by atoms with Gasteiger partial charge in [-0.15, -0.1) is 0 Å². The number of rotatable bonds is 11. The number of nitrogens with zero attached hydrogens (tertiary/aromatic N) is 1. The molecule has 0 spiro atoms. The van der Waals surface area contributed by atoms with E-state index in [1.54, 1.807) is 32.9 Å². The average molecular weight is 560 g/mol. The Hall–Kier alpha value is -4.33. The quantitative estimate of drug-likeness (QED) is 0.287. The third kappa shape index (κ3) is 9.38. The maximum absolute atomic E-state index is 14.4. The molecule has 0 bridgehead atoms. The van der Waals surface area contributed by atoms with Gasteiger partial charge < -0.3 is 25.4 Å². The van der Waals surface area contributed by atoms with Crippen LogP contribution in [-0.2, 0) is 27.3 Å². The standard InChI is InChI=1S/C33H41N3O5/c1-6-23(2)36(31(39)28(20-24-14-9-7-10-15-24)35-32(40)41-33(3,4)5)29(26-18-13-19-27(37)21-26)30(38)34-22-25-16-11-8-12-17-25/h7-19,21,23,28-29,37H,6,20,22H2,1-5H3,(H,34,38)(H,35,40). The number of phenolic OH excluding ortho intramolecular Hbond substituents is 1. The molecule has 3 unspecified atom stereocenters. The lowest BCUT2D eigenvalue weighted by atomic mass is 9.97. The van der Waals surface area contributed by atoms with Gasteiger partial charge in [0.05, 0.1) is 0 Å². The Balaban J connectivity index is 2.03. The molecule has 41 heavy (non-hydrogen) atoms. The molecule has 3 rings (SSSR count). The molecule has 3 N–H and O–H groups in total. The largest absolute Gasteiger partial charge is 0.508 e. The summed E-state index contributed by atoms with van der Waals surface area (Å²) in [7, 11) is 0. The van der Waals surface area contributed by atoms with Gasteiger partial charge in [-0.25, -0.2) is 4.79 Å². The van der Waals surface area contributed by atoms with E-state index in [4.69, 9.17) is 4.74 Å². The summed E-state index contributed by atoms with van der Waals surface area (Å²) in [5.74, 6) is -0.853. The van der Waals surface area contributed by atoms with Crippen LogP contribution in [0.2, 0.25) is 0 Å². The zero-order chi connectivity index (χ0) is 30.0. The van der Waals surface area contributed by atoms with Gasteiger partial charge in [0, 0.05) is 19.0 Å². The summed E-state index contributed by atoms with van der Waals surface area (Å²) in [4.78, 5) is 42.7. The van der Waals surface area contributed by atoms with Crippen molar-refractivity contribution in [3.63, 3.8) is 0 Å². The van der Waals surface area contributed by atoms with Gasteiger partial charge in [-0.2, -0.15) is 0 Å². The summed E-state index contributed by atoms with van der Waals surface area (Å²) in [6.45, 7) is 9.31. The molecule has 8 heteroatoms. The number of ether oxygens (including phenoxy) is 1. The van der Waals surface area contributed by atoms with Gasteiger partial charge in [0.2, 0.25) is 11.8 Å². The van der Waals surface area contributed by atoms with E-state index in [0.29, 0.717) is 12.0 Å². The second-order valence-electron chi connectivity index (χ2n) is 11.1. The highest BCUT2D eigenvalue weighted by Gasteiger charge is 2.38. The molecular formula is C33H41N3O5. The molecule has 0 heterocycles. The third-order valence-corrected chi connectivity index (χ3v) is 6.61. The molecule has 0 saturated carbocycles. The maximum atomic E-state index is 14.4. The van der Waals surface area contributed by atoms with Gasteiger partial charge in [0.15, 0.2) is 0 Å². The smallest absolute Gasteiger partial charge is 0.408 e. The maximum Gasteiger partial charge on any atom is 0.408 e. The van der Waals surface area contributed by atoms with Gasteiger partial charge in [0.25, 0.3) is 0 Å². The Morgan fingerprint density at radius 2 is 1.51 bits per heavy atom. The number of aromatic hydroxyl groups is 1. The first-order chi connectivity index (χ1) is 19.5. The second kappa shape index (κ2) is 14.3. The molecule has 3 aromatic carbocycles. The minimum atomic E-state index is -1.06. The van der Waals surface area contributed by atoms with Crippen LogP contribution in [0.25, 0.3) is 0 Å². The fourth-order valence-corrected chi connectivity index (χ4v) is 4.49. The monoisotopic (exact) mass is 559 g/mol. The SMILES string of the molecule is CCC(C)N(C(=O)C(Cc1ccccc1)NC(=O)OC(C)(C)C)C(C(=O)NCc1ccccc1)c1cccc(O)c1. The zero-order valence-corrected chi connectivity index (χ0v) is 24.5. The fraction of sp³-hybridized carbons (Fsp3) is 0.364. The van der Waals surface area contributed by atoms with Crippen LogP contribution in [0.15, 0.2) is 84.9 Å². The number of benzene rings is 3. The molecule has 8 nitrogen and oxygen atoms in total. The lowest BCUT2D eigenvalue weighted by molar-refractivity contribution is -0.145. The van der Waals surface area contributed by atoms with Crippen molar-refractivity contribution in [1.82, 2.24) is 15.5 Å². The van der Waals surface area contributed by atoms with E-state index in [2.05, 4.69) is 10.6 Å². The molecule has 0 aliphatic carbocycles. The molecule has 0 aromatic heterocycles. The minimum Gasteiger partial charge on any atom is -0.508 e. The predicted molar refractivity (Wildman–Crippen MR) is 159 cm³/mol. The summed E-state index contributed by atoms with van der Waals surface area (Å²) in [6, 6.07) is 22.7. The molecule has 3 atom stereocenters. The van der Waals surface area contributed by atoms with Crippen molar-refractivity contribution in [3.8, 4) is 5.75 Å². The van der Waals surface area contributed by atoms with Crippen molar-refractivity contribution in [1.29, 1.82) is 0 Å². The summed E-state index contributed by atoms with van der Waals surface area (Å²) >= 11 is 0. The average Bonchev–Trinajstić information content (AvgIpc) is 2.93. The van der Waals surface area contributed by atoms with Crippen molar-refractivity contribution in [2.75, 3.05) is 0 Å². The number of phenols is 1. The Bertz CT molecular complexity index is 1290. The lowest BCUT2D eigenvalue weighted by Gasteiger charge is -2.38. The first-order valence-electron chi connectivity index (χ1n) is 13.9. The molecule has 0 aliphatic heterocycles. The molecule has 3 aromatic rings. The Labute approximate surface area is 242 Å². The van der Waals surface area contributed by atoms with Crippen LogP contribution in [0.1, 0.15) is 63.8 Å². The molecule has 0 fully saturated rings. The molecule has 218 valence electrons. The van der Waals surface area contributed by atoms with Gasteiger partial charge in [-0.3, -0.25) is 9.59 Å². The normalized spacial score (nSPS) is 13.4. The number of carbonyl (C=O) groups excluding carboxylic acids is 3. The first-order valence-corrected chi connectivity index (χ1v) is 13.9. The number of hydrogen-bond acceptors (Lipinski definition) is 5. The molecular weight excluding hydrogens is 518 g/mol. The van der Waals surface area contributed by atoms with E-state index in [1.165, 1.54) is 17.0 Å². The summed E-state index contributed by atoms with van der Waals surface area (Å²) < 4.78 is 5.49. The van der Waals surface area contributed by atoms with Crippen molar-refractivity contribution >= 4 is 17.9 Å². The summed E-state index contributed by atoms with van der Waals surface area (Å²) in [5.41, 5.74) is 1.45. The summed E-state index contributed by atoms with van der Waals surface area (Å²) in [5, 5.41) is 16.0. The van der Waals surface area contributed by atoms with Gasteiger partial charge in [0.1, 0.15) is 23.4 Å². The first kappa shape index (κ1) is 31.2. The van der Waals surface area contributed by atoms with Crippen LogP contribution in [0, 0.1) is 0 Å². The Morgan fingerprint density at radius 3 is 2.07 bits per heavy atom. The van der Waals surface area contributed by atoms with Crippen molar-refractivity contribution in [2.24, 2.45) is 0 Å². The Kier molecular flexibility index (Phi) is 10.9. The lowest BCUT2D eigenvalue weighted by Crippen LogP contribution is -2.56. The second-order valence-corrected chi connectivity index (χ2v) is 11.1. The summed E-state index contributed by atoms with van der Waals surface area (Å²) in [6.07, 6.45) is 0.0280. The van der Waals surface area contributed by atoms with Crippen LogP contribution < -0.4 is 10.6 Å². The molecule has 3 amide bonds. The number of amides is 3. The van der Waals surface area contributed by atoms with E-state index in [-0.39, 0.29) is 24.8 Å². The molecule has 0 aliphatic rings.